The number of nitrogens with zero attached hydrogens (tertiary/aromatic N) is 4. The lowest BCUT2D eigenvalue weighted by atomic mass is 9.78. The highest BCUT2D eigenvalue weighted by Crippen LogP contribution is 2.42. The quantitative estimate of drug-likeness (QED) is 0.569. The molecule has 6 nitrogen and oxygen atoms in total. The molecule has 0 aliphatic carbocycles. The van der Waals surface area contributed by atoms with Crippen LogP contribution in [0.3, 0.4) is 0 Å². The Morgan fingerprint density at radius 2 is 1.52 bits per heavy atom. The largest absolute Gasteiger partial charge is 0.378 e. The lowest BCUT2D eigenvalue weighted by Gasteiger charge is -2.38. The highest BCUT2D eigenvalue weighted by atomic mass is 19.1. The number of aliphatic hydroxyl groups is 1. The zero-order chi connectivity index (χ0) is 20.3. The first-order chi connectivity index (χ1) is 14.1. The average molecular weight is 388 g/mol. The van der Waals surface area contributed by atoms with Crippen molar-refractivity contribution < 1.29 is 9.50 Å². The van der Waals surface area contributed by atoms with Crippen LogP contribution in [0.2, 0.25) is 0 Å². The summed E-state index contributed by atoms with van der Waals surface area (Å²) in [5, 5.41) is 12.2. The number of halogens is 1. The lowest BCUT2D eigenvalue weighted by molar-refractivity contribution is 0.0357. The fourth-order valence-corrected chi connectivity index (χ4v) is 3.47. The van der Waals surface area contributed by atoms with Gasteiger partial charge in [-0.1, -0.05) is 24.3 Å². The summed E-state index contributed by atoms with van der Waals surface area (Å²) >= 11 is 0. The van der Waals surface area contributed by atoms with E-state index in [-0.39, 0.29) is 0 Å². The predicted molar refractivity (Wildman–Crippen MR) is 105 cm³/mol. The van der Waals surface area contributed by atoms with E-state index in [9.17, 15) is 14.3 Å². The third-order valence-electron chi connectivity index (χ3n) is 4.80. The first kappa shape index (κ1) is 18.6. The number of rotatable bonds is 5. The minimum absolute atomic E-state index is 0.419. The first-order valence-corrected chi connectivity index (χ1v) is 8.92. The van der Waals surface area contributed by atoms with Crippen molar-refractivity contribution in [3.05, 3.63) is 125 Å². The summed E-state index contributed by atoms with van der Waals surface area (Å²) in [6, 6.07) is 13.1. The van der Waals surface area contributed by atoms with Crippen LogP contribution in [0.1, 0.15) is 22.7 Å². The monoisotopic (exact) mass is 388 g/mol. The Balaban J connectivity index is 2.05. The van der Waals surface area contributed by atoms with Crippen LogP contribution in [0.15, 0.2) is 96.6 Å². The summed E-state index contributed by atoms with van der Waals surface area (Å²) in [6.45, 7) is 0. The van der Waals surface area contributed by atoms with E-state index in [2.05, 4.69) is 15.0 Å². The van der Waals surface area contributed by atoms with Gasteiger partial charge in [0.1, 0.15) is 17.5 Å². The van der Waals surface area contributed by atoms with Crippen LogP contribution < -0.4 is 5.69 Å². The predicted octanol–water partition coefficient (Wildman–Crippen LogP) is 2.70. The van der Waals surface area contributed by atoms with Crippen molar-refractivity contribution in [2.24, 2.45) is 0 Å². The van der Waals surface area contributed by atoms with Gasteiger partial charge in [0.05, 0.1) is 0 Å². The molecule has 3 heterocycles. The van der Waals surface area contributed by atoms with Crippen molar-refractivity contribution in [2.75, 3.05) is 0 Å². The molecule has 29 heavy (non-hydrogen) atoms. The molecule has 4 aromatic rings. The van der Waals surface area contributed by atoms with E-state index in [0.29, 0.717) is 16.7 Å². The van der Waals surface area contributed by atoms with E-state index in [1.54, 1.807) is 48.9 Å². The van der Waals surface area contributed by atoms with Gasteiger partial charge in [0.15, 0.2) is 0 Å². The molecule has 0 radical (unpaired) electrons. The van der Waals surface area contributed by atoms with Gasteiger partial charge in [-0.2, -0.15) is 0 Å². The molecule has 0 aliphatic heterocycles. The van der Waals surface area contributed by atoms with Gasteiger partial charge in [0, 0.05) is 48.3 Å². The third kappa shape index (κ3) is 3.43. The second-order valence-electron chi connectivity index (χ2n) is 6.51. The molecule has 4 rings (SSSR count). The highest BCUT2D eigenvalue weighted by Gasteiger charge is 2.43. The SMILES string of the molecule is O=c1ncccn1C(c1ccc(F)cc1)C(O)(c1cccnc1)c1cccnc1. The molecule has 0 saturated carbocycles. The van der Waals surface area contributed by atoms with Crippen LogP contribution >= 0.6 is 0 Å². The maximum atomic E-state index is 13.6. The molecule has 0 fully saturated rings. The van der Waals surface area contributed by atoms with Crippen LogP contribution in [-0.4, -0.2) is 24.6 Å². The maximum Gasteiger partial charge on any atom is 0.348 e. The van der Waals surface area contributed by atoms with E-state index in [1.165, 1.54) is 47.4 Å². The summed E-state index contributed by atoms with van der Waals surface area (Å²) in [4.78, 5) is 24.8. The summed E-state index contributed by atoms with van der Waals surface area (Å²) < 4.78 is 14.9. The van der Waals surface area contributed by atoms with Gasteiger partial charge in [0.25, 0.3) is 0 Å². The summed E-state index contributed by atoms with van der Waals surface area (Å²) in [5.74, 6) is -0.419. The molecular weight excluding hydrogens is 371 g/mol. The van der Waals surface area contributed by atoms with Crippen LogP contribution in [0.4, 0.5) is 4.39 Å². The summed E-state index contributed by atoms with van der Waals surface area (Å²) in [6.07, 6.45) is 9.18. The number of hydrogen-bond donors (Lipinski definition) is 1. The normalized spacial score (nSPS) is 12.5. The van der Waals surface area contributed by atoms with Gasteiger partial charge in [-0.05, 0) is 35.9 Å². The van der Waals surface area contributed by atoms with Crippen LogP contribution in [0, 0.1) is 5.82 Å². The molecule has 0 aliphatic rings. The Morgan fingerprint density at radius 1 is 0.897 bits per heavy atom. The molecule has 0 spiro atoms. The van der Waals surface area contributed by atoms with Crippen molar-refractivity contribution in [1.29, 1.82) is 0 Å². The van der Waals surface area contributed by atoms with Gasteiger partial charge < -0.3 is 5.11 Å². The molecule has 0 amide bonds. The number of benzene rings is 1. The van der Waals surface area contributed by atoms with Crippen molar-refractivity contribution in [3.8, 4) is 0 Å². The molecule has 1 unspecified atom stereocenters. The Kier molecular flexibility index (Phi) is 4.97. The first-order valence-electron chi connectivity index (χ1n) is 8.92. The highest BCUT2D eigenvalue weighted by molar-refractivity contribution is 5.40. The van der Waals surface area contributed by atoms with Crippen LogP contribution in [0.25, 0.3) is 0 Å². The Bertz CT molecular complexity index is 1110. The zero-order valence-electron chi connectivity index (χ0n) is 15.3. The van der Waals surface area contributed by atoms with Gasteiger partial charge >= 0.3 is 5.69 Å². The number of pyridine rings is 2. The third-order valence-corrected chi connectivity index (χ3v) is 4.80. The second kappa shape index (κ2) is 7.73. The van der Waals surface area contributed by atoms with E-state index in [4.69, 9.17) is 0 Å². The molecule has 1 N–H and O–H groups in total. The average Bonchev–Trinajstić information content (AvgIpc) is 2.77. The summed E-state index contributed by atoms with van der Waals surface area (Å²) in [5.41, 5.74) is -0.839. The fraction of sp³-hybridized carbons (Fsp3) is 0.0909. The topological polar surface area (TPSA) is 80.9 Å². The second-order valence-corrected chi connectivity index (χ2v) is 6.51. The zero-order valence-corrected chi connectivity index (χ0v) is 15.3. The molecule has 1 atom stereocenters. The maximum absolute atomic E-state index is 13.6. The van der Waals surface area contributed by atoms with E-state index in [0.717, 1.165) is 0 Å². The number of aromatic nitrogens is 4. The van der Waals surface area contributed by atoms with Gasteiger partial charge in [-0.3, -0.25) is 14.5 Å². The van der Waals surface area contributed by atoms with Crippen molar-refractivity contribution >= 4 is 0 Å². The molecule has 1 aromatic carbocycles. The molecule has 0 bridgehead atoms. The fourth-order valence-electron chi connectivity index (χ4n) is 3.47. The smallest absolute Gasteiger partial charge is 0.348 e. The summed E-state index contributed by atoms with van der Waals surface area (Å²) in [7, 11) is 0. The Labute approximate surface area is 166 Å². The van der Waals surface area contributed by atoms with E-state index < -0.39 is 23.1 Å². The molecule has 0 saturated heterocycles. The molecule has 144 valence electrons. The number of hydrogen-bond acceptors (Lipinski definition) is 5. The van der Waals surface area contributed by atoms with E-state index >= 15 is 0 Å². The van der Waals surface area contributed by atoms with Crippen molar-refractivity contribution in [3.63, 3.8) is 0 Å². The van der Waals surface area contributed by atoms with Gasteiger partial charge in [0.2, 0.25) is 0 Å². The Morgan fingerprint density at radius 3 is 2.03 bits per heavy atom. The molecule has 3 aromatic heterocycles. The van der Waals surface area contributed by atoms with E-state index in [1.807, 2.05) is 0 Å². The standard InChI is InChI=1S/C22H17FN4O2/c23-19-8-6-16(7-9-19)20(27-13-3-12-26-21(27)28)22(29,17-4-1-10-24-14-17)18-5-2-11-25-15-18/h1-15,20,29H. The van der Waals surface area contributed by atoms with Gasteiger partial charge in [-0.25, -0.2) is 14.2 Å². The minimum atomic E-state index is -1.73. The van der Waals surface area contributed by atoms with Gasteiger partial charge in [-0.15, -0.1) is 0 Å². The van der Waals surface area contributed by atoms with Crippen LogP contribution in [0.5, 0.6) is 0 Å². The van der Waals surface area contributed by atoms with Crippen molar-refractivity contribution in [2.45, 2.75) is 11.6 Å². The van der Waals surface area contributed by atoms with Crippen LogP contribution in [-0.2, 0) is 5.60 Å². The lowest BCUT2D eigenvalue weighted by Crippen LogP contribution is -2.43. The molecule has 7 heteroatoms. The van der Waals surface area contributed by atoms with Crippen molar-refractivity contribution in [1.82, 2.24) is 19.5 Å². The minimum Gasteiger partial charge on any atom is -0.378 e. The Hall–Kier alpha value is -3.71. The molecular formula is C22H17FN4O2.